The smallest absolute Gasteiger partial charge is 0.152 e. The van der Waals surface area contributed by atoms with Gasteiger partial charge in [-0.2, -0.15) is 0 Å². The Morgan fingerprint density at radius 2 is 2.12 bits per heavy atom. The van der Waals surface area contributed by atoms with Crippen molar-refractivity contribution in [3.8, 4) is 0 Å². The van der Waals surface area contributed by atoms with Crippen molar-refractivity contribution in [3.63, 3.8) is 0 Å². The lowest BCUT2D eigenvalue weighted by Crippen LogP contribution is -2.27. The summed E-state index contributed by atoms with van der Waals surface area (Å²) in [6, 6.07) is 1.83. The Balaban J connectivity index is 2.20. The largest absolute Gasteiger partial charge is 0.396 e. The van der Waals surface area contributed by atoms with Gasteiger partial charge >= 0.3 is 0 Å². The van der Waals surface area contributed by atoms with E-state index >= 15 is 0 Å². The molecule has 6 heteroatoms. The highest BCUT2D eigenvalue weighted by atomic mass is 32.2. The lowest BCUT2D eigenvalue weighted by atomic mass is 10.3. The molecule has 0 unspecified atom stereocenters. The van der Waals surface area contributed by atoms with Gasteiger partial charge in [-0.1, -0.05) is 0 Å². The predicted octanol–water partition coefficient (Wildman–Crippen LogP) is 0.289. The zero-order valence-electron chi connectivity index (χ0n) is 8.96. The van der Waals surface area contributed by atoms with Gasteiger partial charge in [-0.25, -0.2) is 8.42 Å². The molecule has 0 saturated carbocycles. The van der Waals surface area contributed by atoms with Gasteiger partial charge in [-0.3, -0.25) is 4.98 Å². The van der Waals surface area contributed by atoms with Crippen LogP contribution >= 0.6 is 0 Å². The van der Waals surface area contributed by atoms with Gasteiger partial charge < -0.3 is 10.6 Å². The van der Waals surface area contributed by atoms with Crippen molar-refractivity contribution in [2.45, 2.75) is 6.42 Å². The summed E-state index contributed by atoms with van der Waals surface area (Å²) in [5.74, 6) is 0.475. The number of hydrogen-bond donors (Lipinski definition) is 1. The maximum atomic E-state index is 11.5. The number of sulfone groups is 1. The van der Waals surface area contributed by atoms with Crippen LogP contribution < -0.4 is 10.6 Å². The van der Waals surface area contributed by atoms with Crippen LogP contribution in [0.5, 0.6) is 0 Å². The molecule has 0 radical (unpaired) electrons. The van der Waals surface area contributed by atoms with Crippen LogP contribution in [0.2, 0.25) is 0 Å². The highest BCUT2D eigenvalue weighted by Crippen LogP contribution is 2.22. The van der Waals surface area contributed by atoms with Crippen molar-refractivity contribution in [1.82, 2.24) is 4.98 Å². The molecule has 0 spiro atoms. The molecular formula is C10H15N3O2S. The molecule has 0 aromatic carbocycles. The van der Waals surface area contributed by atoms with Crippen molar-refractivity contribution >= 4 is 21.2 Å². The van der Waals surface area contributed by atoms with E-state index in [1.54, 1.807) is 12.4 Å². The number of pyridine rings is 1. The monoisotopic (exact) mass is 241 g/mol. The first-order chi connectivity index (χ1) is 7.58. The van der Waals surface area contributed by atoms with Gasteiger partial charge in [0.2, 0.25) is 0 Å². The maximum Gasteiger partial charge on any atom is 0.152 e. The highest BCUT2D eigenvalue weighted by molar-refractivity contribution is 7.91. The number of hydrogen-bond acceptors (Lipinski definition) is 5. The number of nitrogen functional groups attached to an aromatic ring is 1. The molecule has 0 atom stereocenters. The fourth-order valence-corrected chi connectivity index (χ4v) is 3.14. The van der Waals surface area contributed by atoms with Gasteiger partial charge in [0.05, 0.1) is 29.1 Å². The third-order valence-electron chi connectivity index (χ3n) is 2.72. The molecule has 1 fully saturated rings. The molecule has 2 heterocycles. The lowest BCUT2D eigenvalue weighted by Gasteiger charge is -2.23. The molecule has 1 aromatic rings. The molecular weight excluding hydrogens is 226 g/mol. The first-order valence-corrected chi connectivity index (χ1v) is 7.05. The quantitative estimate of drug-likeness (QED) is 0.764. The summed E-state index contributed by atoms with van der Waals surface area (Å²) in [6.07, 6.45) is 3.92. The Kier molecular flexibility index (Phi) is 3.00. The molecule has 2 N–H and O–H groups in total. The highest BCUT2D eigenvalue weighted by Gasteiger charge is 2.20. The van der Waals surface area contributed by atoms with Crippen LogP contribution in [-0.2, 0) is 9.84 Å². The predicted molar refractivity (Wildman–Crippen MR) is 64.1 cm³/mol. The Morgan fingerprint density at radius 3 is 2.88 bits per heavy atom. The van der Waals surface area contributed by atoms with E-state index < -0.39 is 9.84 Å². The number of rotatable bonds is 1. The molecule has 0 aliphatic carbocycles. The SMILES string of the molecule is Nc1cnccc1N1CCCS(=O)(=O)CC1. The van der Waals surface area contributed by atoms with Gasteiger partial charge in [0.1, 0.15) is 0 Å². The number of nitrogens with zero attached hydrogens (tertiary/aromatic N) is 2. The van der Waals surface area contributed by atoms with E-state index in [2.05, 4.69) is 4.98 Å². The Labute approximate surface area is 95.2 Å². The average Bonchev–Trinajstić information content (AvgIpc) is 2.40. The molecule has 16 heavy (non-hydrogen) atoms. The summed E-state index contributed by atoms with van der Waals surface area (Å²) in [5.41, 5.74) is 7.30. The van der Waals surface area contributed by atoms with Crippen LogP contribution in [0, 0.1) is 0 Å². The van der Waals surface area contributed by atoms with E-state index in [0.29, 0.717) is 18.7 Å². The van der Waals surface area contributed by atoms with Crippen LogP contribution in [0.15, 0.2) is 18.5 Å². The summed E-state index contributed by atoms with van der Waals surface area (Å²) in [4.78, 5) is 5.94. The van der Waals surface area contributed by atoms with Crippen molar-refractivity contribution in [1.29, 1.82) is 0 Å². The molecule has 2 rings (SSSR count). The van der Waals surface area contributed by atoms with Crippen molar-refractivity contribution in [3.05, 3.63) is 18.5 Å². The van der Waals surface area contributed by atoms with Crippen molar-refractivity contribution in [2.24, 2.45) is 0 Å². The van der Waals surface area contributed by atoms with Crippen LogP contribution in [0.1, 0.15) is 6.42 Å². The van der Waals surface area contributed by atoms with E-state index in [4.69, 9.17) is 5.73 Å². The number of nitrogens with two attached hydrogens (primary N) is 1. The second-order valence-electron chi connectivity index (χ2n) is 3.93. The minimum atomic E-state index is -2.87. The molecule has 1 aliphatic rings. The normalized spacial score (nSPS) is 20.4. The maximum absolute atomic E-state index is 11.5. The Hall–Kier alpha value is -1.30. The molecule has 1 saturated heterocycles. The average molecular weight is 241 g/mol. The van der Waals surface area contributed by atoms with E-state index in [0.717, 1.165) is 12.2 Å². The second kappa shape index (κ2) is 4.29. The van der Waals surface area contributed by atoms with E-state index in [-0.39, 0.29) is 11.5 Å². The fourth-order valence-electron chi connectivity index (χ4n) is 1.87. The molecule has 1 aliphatic heterocycles. The Morgan fingerprint density at radius 1 is 1.31 bits per heavy atom. The summed E-state index contributed by atoms with van der Waals surface area (Å²) in [5, 5.41) is 0. The first kappa shape index (κ1) is 11.2. The van der Waals surface area contributed by atoms with E-state index in [1.165, 1.54) is 0 Å². The third kappa shape index (κ3) is 2.44. The number of anilines is 2. The minimum absolute atomic E-state index is 0.203. The van der Waals surface area contributed by atoms with E-state index in [9.17, 15) is 8.42 Å². The van der Waals surface area contributed by atoms with Crippen LogP contribution in [-0.4, -0.2) is 38.0 Å². The summed E-state index contributed by atoms with van der Waals surface area (Å²) >= 11 is 0. The minimum Gasteiger partial charge on any atom is -0.396 e. The van der Waals surface area contributed by atoms with Gasteiger partial charge in [0.25, 0.3) is 0 Å². The molecule has 88 valence electrons. The molecule has 5 nitrogen and oxygen atoms in total. The zero-order valence-corrected chi connectivity index (χ0v) is 9.78. The standard InChI is InChI=1S/C10H15N3O2S/c11-9-8-12-3-2-10(9)13-4-1-6-16(14,15)7-5-13/h2-3,8H,1,4-7,11H2. The zero-order chi connectivity index (χ0) is 11.6. The van der Waals surface area contributed by atoms with Crippen LogP contribution in [0.25, 0.3) is 0 Å². The first-order valence-electron chi connectivity index (χ1n) is 5.23. The molecule has 1 aromatic heterocycles. The molecule has 0 bridgehead atoms. The van der Waals surface area contributed by atoms with Crippen LogP contribution in [0.3, 0.4) is 0 Å². The number of aromatic nitrogens is 1. The van der Waals surface area contributed by atoms with Crippen LogP contribution in [0.4, 0.5) is 11.4 Å². The summed E-state index contributed by atoms with van der Waals surface area (Å²) in [6.45, 7) is 1.24. The summed E-state index contributed by atoms with van der Waals surface area (Å²) < 4.78 is 22.9. The Bertz CT molecular complexity index is 473. The van der Waals surface area contributed by atoms with Crippen molar-refractivity contribution < 1.29 is 8.42 Å². The lowest BCUT2D eigenvalue weighted by molar-refractivity contribution is 0.597. The fraction of sp³-hybridized carbons (Fsp3) is 0.500. The van der Waals surface area contributed by atoms with Gasteiger partial charge in [0.15, 0.2) is 9.84 Å². The van der Waals surface area contributed by atoms with E-state index in [1.807, 2.05) is 11.0 Å². The van der Waals surface area contributed by atoms with Crippen molar-refractivity contribution in [2.75, 3.05) is 35.2 Å². The third-order valence-corrected chi connectivity index (χ3v) is 4.44. The topological polar surface area (TPSA) is 76.3 Å². The second-order valence-corrected chi connectivity index (χ2v) is 6.23. The van der Waals surface area contributed by atoms with Gasteiger partial charge in [-0.15, -0.1) is 0 Å². The molecule has 0 amide bonds. The summed E-state index contributed by atoms with van der Waals surface area (Å²) in [7, 11) is -2.87. The van der Waals surface area contributed by atoms with Gasteiger partial charge in [0, 0.05) is 19.3 Å². The van der Waals surface area contributed by atoms with Gasteiger partial charge in [-0.05, 0) is 12.5 Å².